The van der Waals surface area contributed by atoms with E-state index < -0.39 is 11.7 Å². The van der Waals surface area contributed by atoms with E-state index >= 15 is 0 Å². The second-order valence-corrected chi connectivity index (χ2v) is 6.03. The zero-order chi connectivity index (χ0) is 18.6. The predicted octanol–water partition coefficient (Wildman–Crippen LogP) is 3.61. The molecule has 0 bridgehead atoms. The standard InChI is InChI=1S/C19H18F3N3O/c20-19(21,22)16-9-3-1-7-15(16)12-23-24-18(26)13-25-11-5-8-14-6-2-4-10-17(14)25/h1-4,6-7,9-10,12H,5,8,11,13H2,(H,24,26)/b23-12-. The van der Waals surface area contributed by atoms with E-state index in [9.17, 15) is 18.0 Å². The molecule has 2 aromatic carbocycles. The van der Waals surface area contributed by atoms with Gasteiger partial charge in [-0.15, -0.1) is 0 Å². The molecule has 0 aliphatic carbocycles. The number of carbonyl (C=O) groups excluding carboxylic acids is 1. The largest absolute Gasteiger partial charge is 0.417 e. The van der Waals surface area contributed by atoms with Crippen molar-refractivity contribution in [3.05, 3.63) is 65.2 Å². The van der Waals surface area contributed by atoms with E-state index in [0.29, 0.717) is 0 Å². The number of carbonyl (C=O) groups is 1. The molecular weight excluding hydrogens is 343 g/mol. The molecule has 2 aromatic rings. The van der Waals surface area contributed by atoms with Crippen molar-refractivity contribution in [2.45, 2.75) is 19.0 Å². The SMILES string of the molecule is O=C(CN1CCCc2ccccc21)N/N=C\c1ccccc1C(F)(F)F. The summed E-state index contributed by atoms with van der Waals surface area (Å²) in [5.74, 6) is -0.373. The maximum atomic E-state index is 12.9. The normalized spacial score (nSPS) is 14.3. The number of aryl methyl sites for hydroxylation is 1. The molecule has 1 aliphatic rings. The summed E-state index contributed by atoms with van der Waals surface area (Å²) >= 11 is 0. The molecule has 0 unspecified atom stereocenters. The van der Waals surface area contributed by atoms with Crippen molar-refractivity contribution in [3.8, 4) is 0 Å². The van der Waals surface area contributed by atoms with Crippen LogP contribution in [-0.2, 0) is 17.4 Å². The number of para-hydroxylation sites is 1. The zero-order valence-corrected chi connectivity index (χ0v) is 14.0. The summed E-state index contributed by atoms with van der Waals surface area (Å²) in [5.41, 5.74) is 3.63. The van der Waals surface area contributed by atoms with Crippen LogP contribution in [0.3, 0.4) is 0 Å². The summed E-state index contributed by atoms with van der Waals surface area (Å²) in [6, 6.07) is 13.0. The Labute approximate surface area is 149 Å². The number of hydrogen-bond donors (Lipinski definition) is 1. The van der Waals surface area contributed by atoms with E-state index in [0.717, 1.165) is 37.4 Å². The van der Waals surface area contributed by atoms with Crippen molar-refractivity contribution in [3.63, 3.8) is 0 Å². The first-order valence-corrected chi connectivity index (χ1v) is 8.26. The van der Waals surface area contributed by atoms with Gasteiger partial charge in [-0.1, -0.05) is 36.4 Å². The molecule has 136 valence electrons. The van der Waals surface area contributed by atoms with Gasteiger partial charge in [-0.05, 0) is 30.5 Å². The van der Waals surface area contributed by atoms with Gasteiger partial charge >= 0.3 is 6.18 Å². The second kappa shape index (κ2) is 7.59. The van der Waals surface area contributed by atoms with Gasteiger partial charge in [-0.25, -0.2) is 5.43 Å². The quantitative estimate of drug-likeness (QED) is 0.668. The number of hydrazone groups is 1. The highest BCUT2D eigenvalue weighted by Crippen LogP contribution is 2.31. The van der Waals surface area contributed by atoms with Crippen LogP contribution in [-0.4, -0.2) is 25.2 Å². The molecule has 0 spiro atoms. The Morgan fingerprint density at radius 2 is 1.88 bits per heavy atom. The molecule has 3 rings (SSSR count). The third kappa shape index (κ3) is 4.22. The van der Waals surface area contributed by atoms with E-state index in [4.69, 9.17) is 0 Å². The summed E-state index contributed by atoms with van der Waals surface area (Å²) in [6.45, 7) is 0.861. The third-order valence-electron chi connectivity index (χ3n) is 4.20. The van der Waals surface area contributed by atoms with Crippen LogP contribution in [0.4, 0.5) is 18.9 Å². The summed E-state index contributed by atoms with van der Waals surface area (Å²) in [4.78, 5) is 14.1. The topological polar surface area (TPSA) is 44.7 Å². The fraction of sp³-hybridized carbons (Fsp3) is 0.263. The van der Waals surface area contributed by atoms with Gasteiger partial charge in [0, 0.05) is 17.8 Å². The minimum Gasteiger partial charge on any atom is -0.362 e. The molecule has 1 amide bonds. The number of nitrogens with zero attached hydrogens (tertiary/aromatic N) is 2. The molecule has 1 N–H and O–H groups in total. The minimum absolute atomic E-state index is 0.0939. The Bertz CT molecular complexity index is 818. The van der Waals surface area contributed by atoms with Crippen molar-refractivity contribution in [2.24, 2.45) is 5.10 Å². The molecule has 0 saturated heterocycles. The number of fused-ring (bicyclic) bond motifs is 1. The van der Waals surface area contributed by atoms with Crippen LogP contribution in [0.2, 0.25) is 0 Å². The van der Waals surface area contributed by atoms with Gasteiger partial charge in [0.05, 0.1) is 18.3 Å². The predicted molar refractivity (Wildman–Crippen MR) is 94.2 cm³/mol. The van der Waals surface area contributed by atoms with Gasteiger partial charge < -0.3 is 4.90 Å². The number of hydrogen-bond acceptors (Lipinski definition) is 3. The Balaban J connectivity index is 1.63. The molecule has 0 aromatic heterocycles. The van der Waals surface area contributed by atoms with Crippen LogP contribution in [0.25, 0.3) is 0 Å². The highest BCUT2D eigenvalue weighted by Gasteiger charge is 2.32. The highest BCUT2D eigenvalue weighted by molar-refractivity contribution is 5.86. The fourth-order valence-electron chi connectivity index (χ4n) is 3.03. The first-order valence-electron chi connectivity index (χ1n) is 8.26. The van der Waals surface area contributed by atoms with Gasteiger partial charge in [0.1, 0.15) is 0 Å². The number of amides is 1. The van der Waals surface area contributed by atoms with E-state index in [1.807, 2.05) is 29.2 Å². The first kappa shape index (κ1) is 18.0. The van der Waals surface area contributed by atoms with E-state index in [2.05, 4.69) is 10.5 Å². The molecule has 0 radical (unpaired) electrons. The van der Waals surface area contributed by atoms with Crippen LogP contribution < -0.4 is 10.3 Å². The summed E-state index contributed by atoms with van der Waals surface area (Å²) in [5, 5.41) is 3.69. The fourth-order valence-corrected chi connectivity index (χ4v) is 3.03. The van der Waals surface area contributed by atoms with Crippen LogP contribution in [0.1, 0.15) is 23.1 Å². The first-order chi connectivity index (χ1) is 12.4. The highest BCUT2D eigenvalue weighted by atomic mass is 19.4. The lowest BCUT2D eigenvalue weighted by Gasteiger charge is -2.30. The Kier molecular flexibility index (Phi) is 5.25. The van der Waals surface area contributed by atoms with Crippen LogP contribution >= 0.6 is 0 Å². The third-order valence-corrected chi connectivity index (χ3v) is 4.20. The molecule has 4 nitrogen and oxygen atoms in total. The van der Waals surface area contributed by atoms with Crippen molar-refractivity contribution in [2.75, 3.05) is 18.0 Å². The van der Waals surface area contributed by atoms with Gasteiger partial charge in [0.15, 0.2) is 0 Å². The van der Waals surface area contributed by atoms with Gasteiger partial charge in [-0.3, -0.25) is 4.79 Å². The molecular formula is C19H18F3N3O. The molecule has 1 heterocycles. The molecule has 0 saturated carbocycles. The number of halogens is 3. The Hall–Kier alpha value is -2.83. The number of alkyl halides is 3. The lowest BCUT2D eigenvalue weighted by Crippen LogP contribution is -2.38. The Morgan fingerprint density at radius 3 is 2.69 bits per heavy atom. The summed E-state index contributed by atoms with van der Waals surface area (Å²) in [6.07, 6.45) is -1.53. The molecule has 0 atom stereocenters. The monoisotopic (exact) mass is 361 g/mol. The number of nitrogens with one attached hydrogen (secondary N) is 1. The number of anilines is 1. The van der Waals surface area contributed by atoms with Crippen molar-refractivity contribution >= 4 is 17.8 Å². The van der Waals surface area contributed by atoms with Gasteiger partial charge in [-0.2, -0.15) is 18.3 Å². The summed E-state index contributed by atoms with van der Waals surface area (Å²) in [7, 11) is 0. The number of rotatable bonds is 4. The molecule has 1 aliphatic heterocycles. The van der Waals surface area contributed by atoms with Crippen LogP contribution in [0, 0.1) is 0 Å². The van der Waals surface area contributed by atoms with Crippen LogP contribution in [0.5, 0.6) is 0 Å². The lowest BCUT2D eigenvalue weighted by molar-refractivity contribution is -0.137. The van der Waals surface area contributed by atoms with Crippen molar-refractivity contribution < 1.29 is 18.0 Å². The average molecular weight is 361 g/mol. The van der Waals surface area contributed by atoms with Gasteiger partial charge in [0.25, 0.3) is 5.91 Å². The maximum Gasteiger partial charge on any atom is 0.417 e. The average Bonchev–Trinajstić information content (AvgIpc) is 2.62. The van der Waals surface area contributed by atoms with Gasteiger partial charge in [0.2, 0.25) is 0 Å². The molecule has 7 heteroatoms. The second-order valence-electron chi connectivity index (χ2n) is 6.03. The summed E-state index contributed by atoms with van der Waals surface area (Å²) < 4.78 is 38.8. The smallest absolute Gasteiger partial charge is 0.362 e. The van der Waals surface area contributed by atoms with Crippen molar-refractivity contribution in [1.29, 1.82) is 0 Å². The van der Waals surface area contributed by atoms with E-state index in [1.54, 1.807) is 0 Å². The van der Waals surface area contributed by atoms with Crippen LogP contribution in [0.15, 0.2) is 53.6 Å². The number of benzene rings is 2. The van der Waals surface area contributed by atoms with E-state index in [-0.39, 0.29) is 18.0 Å². The van der Waals surface area contributed by atoms with Crippen molar-refractivity contribution in [1.82, 2.24) is 5.43 Å². The zero-order valence-electron chi connectivity index (χ0n) is 14.0. The Morgan fingerprint density at radius 1 is 1.15 bits per heavy atom. The van der Waals surface area contributed by atoms with E-state index in [1.165, 1.54) is 23.8 Å². The molecule has 0 fully saturated rings. The molecule has 26 heavy (non-hydrogen) atoms. The minimum atomic E-state index is -4.47. The lowest BCUT2D eigenvalue weighted by atomic mass is 10.0. The maximum absolute atomic E-state index is 12.9.